The maximum Gasteiger partial charge on any atom is 0.246 e. The predicted octanol–water partition coefficient (Wildman–Crippen LogP) is 1.21. The Kier molecular flexibility index (Phi) is 7.14. The smallest absolute Gasteiger partial charge is 0.246 e. The maximum absolute atomic E-state index is 12.2. The molecule has 132 valence electrons. The van der Waals surface area contributed by atoms with Crippen LogP contribution in [0.4, 0.5) is 5.95 Å². The van der Waals surface area contributed by atoms with Crippen molar-refractivity contribution in [2.75, 3.05) is 52.4 Å². The van der Waals surface area contributed by atoms with Crippen LogP contribution in [-0.2, 0) is 14.3 Å². The number of piperidine rings is 1. The van der Waals surface area contributed by atoms with E-state index in [0.717, 1.165) is 31.5 Å². The molecular weight excluding hydrogens is 308 g/mol. The van der Waals surface area contributed by atoms with Crippen molar-refractivity contribution in [3.8, 4) is 0 Å². The van der Waals surface area contributed by atoms with Gasteiger partial charge in [-0.25, -0.2) is 9.97 Å². The topological polar surface area (TPSA) is 67.8 Å². The maximum atomic E-state index is 12.2. The van der Waals surface area contributed by atoms with Gasteiger partial charge in [-0.3, -0.25) is 4.79 Å². The van der Waals surface area contributed by atoms with E-state index in [9.17, 15) is 4.79 Å². The van der Waals surface area contributed by atoms with Crippen molar-refractivity contribution >= 4 is 17.9 Å². The van der Waals surface area contributed by atoms with Gasteiger partial charge in [-0.2, -0.15) is 0 Å². The molecule has 1 aliphatic heterocycles. The number of hydrogen-bond donors (Lipinski definition) is 0. The zero-order chi connectivity index (χ0) is 17.4. The van der Waals surface area contributed by atoms with Gasteiger partial charge in [0.1, 0.15) is 0 Å². The van der Waals surface area contributed by atoms with Crippen LogP contribution in [-0.4, -0.2) is 74.4 Å². The van der Waals surface area contributed by atoms with E-state index < -0.39 is 0 Å². The van der Waals surface area contributed by atoms with Crippen molar-refractivity contribution in [3.63, 3.8) is 0 Å². The summed E-state index contributed by atoms with van der Waals surface area (Å²) < 4.78 is 10.7. The number of likely N-dealkylation sites (tertiary alicyclic amines) is 1. The summed E-state index contributed by atoms with van der Waals surface area (Å²) in [4.78, 5) is 24.4. The van der Waals surface area contributed by atoms with E-state index >= 15 is 0 Å². The number of nitrogens with zero attached hydrogens (tertiary/aromatic N) is 4. The second-order valence-corrected chi connectivity index (χ2v) is 5.93. The quantitative estimate of drug-likeness (QED) is 0.551. The van der Waals surface area contributed by atoms with Crippen molar-refractivity contribution in [2.24, 2.45) is 0 Å². The molecule has 0 radical (unpaired) electrons. The Morgan fingerprint density at radius 3 is 2.54 bits per heavy atom. The lowest BCUT2D eigenvalue weighted by atomic mass is 10.1. The van der Waals surface area contributed by atoms with Crippen molar-refractivity contribution in [2.45, 2.75) is 18.9 Å². The predicted molar refractivity (Wildman–Crippen MR) is 92.8 cm³/mol. The third-order valence-corrected chi connectivity index (χ3v) is 3.87. The molecule has 7 heteroatoms. The van der Waals surface area contributed by atoms with E-state index in [2.05, 4.69) is 9.97 Å². The largest absolute Gasteiger partial charge is 0.382 e. The molecule has 1 fully saturated rings. The molecule has 24 heavy (non-hydrogen) atoms. The van der Waals surface area contributed by atoms with Crippen molar-refractivity contribution in [1.29, 1.82) is 0 Å². The third-order valence-electron chi connectivity index (χ3n) is 3.87. The minimum absolute atomic E-state index is 0.0158. The van der Waals surface area contributed by atoms with Crippen LogP contribution in [0, 0.1) is 0 Å². The number of ether oxygens (including phenoxy) is 2. The van der Waals surface area contributed by atoms with E-state index in [1.165, 1.54) is 0 Å². The Bertz CT molecular complexity index is 537. The molecule has 0 atom stereocenters. The Hall–Kier alpha value is -1.99. The minimum Gasteiger partial charge on any atom is -0.382 e. The van der Waals surface area contributed by atoms with Gasteiger partial charge in [-0.1, -0.05) is 0 Å². The standard InChI is InChI=1S/C17H26N4O3/c1-20(2)17-18-12-14(13-19-17)4-5-16(22)21-8-6-15(7-9-21)24-11-10-23-3/h4-5,12-13,15H,6-11H2,1-3H3/b5-4+. The van der Waals surface area contributed by atoms with Crippen LogP contribution in [0.25, 0.3) is 6.08 Å². The van der Waals surface area contributed by atoms with Crippen molar-refractivity contribution < 1.29 is 14.3 Å². The highest BCUT2D eigenvalue weighted by Crippen LogP contribution is 2.14. The summed E-state index contributed by atoms with van der Waals surface area (Å²) >= 11 is 0. The molecule has 0 bridgehead atoms. The normalized spacial score (nSPS) is 15.9. The van der Waals surface area contributed by atoms with E-state index in [0.29, 0.717) is 19.2 Å². The van der Waals surface area contributed by atoms with Crippen molar-refractivity contribution in [3.05, 3.63) is 24.0 Å². The highest BCUT2D eigenvalue weighted by atomic mass is 16.5. The van der Waals surface area contributed by atoms with E-state index in [4.69, 9.17) is 9.47 Å². The first kappa shape index (κ1) is 18.4. The molecule has 0 spiro atoms. The summed E-state index contributed by atoms with van der Waals surface area (Å²) in [7, 11) is 5.43. The first-order valence-electron chi connectivity index (χ1n) is 8.17. The van der Waals surface area contributed by atoms with Crippen LogP contribution < -0.4 is 4.90 Å². The lowest BCUT2D eigenvalue weighted by molar-refractivity contribution is -0.128. The summed E-state index contributed by atoms with van der Waals surface area (Å²) in [5.41, 5.74) is 0.812. The summed E-state index contributed by atoms with van der Waals surface area (Å²) in [6, 6.07) is 0. The molecule has 1 aromatic heterocycles. The Morgan fingerprint density at radius 1 is 1.29 bits per heavy atom. The number of carbonyl (C=O) groups excluding carboxylic acids is 1. The fraction of sp³-hybridized carbons (Fsp3) is 0.588. The molecule has 2 heterocycles. The highest BCUT2D eigenvalue weighted by Gasteiger charge is 2.21. The molecule has 0 saturated carbocycles. The van der Waals surface area contributed by atoms with Crippen LogP contribution in [0.15, 0.2) is 18.5 Å². The van der Waals surface area contributed by atoms with Gasteiger partial charge in [0.25, 0.3) is 0 Å². The van der Waals surface area contributed by atoms with Crippen LogP contribution >= 0.6 is 0 Å². The third kappa shape index (κ3) is 5.58. The van der Waals surface area contributed by atoms with Crippen LogP contribution in [0.3, 0.4) is 0 Å². The number of carbonyl (C=O) groups is 1. The number of amides is 1. The average molecular weight is 334 g/mol. The Balaban J connectivity index is 1.78. The summed E-state index contributed by atoms with van der Waals surface area (Å²) in [5, 5.41) is 0. The molecular formula is C17H26N4O3. The van der Waals surface area contributed by atoms with Gasteiger partial charge < -0.3 is 19.3 Å². The van der Waals surface area contributed by atoms with Gasteiger partial charge in [0.05, 0.1) is 19.3 Å². The summed E-state index contributed by atoms with van der Waals surface area (Å²) in [6.07, 6.45) is 8.71. The number of methoxy groups -OCH3 is 1. The number of rotatable bonds is 7. The Morgan fingerprint density at radius 2 is 1.96 bits per heavy atom. The first-order chi connectivity index (χ1) is 11.6. The van der Waals surface area contributed by atoms with Gasteiger partial charge in [0.2, 0.25) is 11.9 Å². The molecule has 2 rings (SSSR count). The van der Waals surface area contributed by atoms with Gasteiger partial charge in [-0.15, -0.1) is 0 Å². The molecule has 0 aromatic carbocycles. The van der Waals surface area contributed by atoms with Crippen LogP contribution in [0.2, 0.25) is 0 Å². The van der Waals surface area contributed by atoms with E-state index in [-0.39, 0.29) is 12.0 Å². The molecule has 1 aliphatic rings. The van der Waals surface area contributed by atoms with Crippen LogP contribution in [0.5, 0.6) is 0 Å². The molecule has 0 aliphatic carbocycles. The summed E-state index contributed by atoms with van der Waals surface area (Å²) in [5.74, 6) is 0.663. The van der Waals surface area contributed by atoms with E-state index in [1.54, 1.807) is 31.7 Å². The number of anilines is 1. The summed E-state index contributed by atoms with van der Waals surface area (Å²) in [6.45, 7) is 2.66. The molecule has 1 saturated heterocycles. The van der Waals surface area contributed by atoms with E-state index in [1.807, 2.05) is 23.9 Å². The fourth-order valence-corrected chi connectivity index (χ4v) is 2.46. The first-order valence-corrected chi connectivity index (χ1v) is 8.17. The average Bonchev–Trinajstić information content (AvgIpc) is 2.61. The molecule has 1 aromatic rings. The van der Waals surface area contributed by atoms with Gasteiger partial charge >= 0.3 is 0 Å². The van der Waals surface area contributed by atoms with Gasteiger partial charge in [-0.05, 0) is 18.9 Å². The Labute approximate surface area is 143 Å². The highest BCUT2D eigenvalue weighted by molar-refractivity contribution is 5.91. The number of hydrogen-bond acceptors (Lipinski definition) is 6. The molecule has 0 N–H and O–H groups in total. The molecule has 7 nitrogen and oxygen atoms in total. The monoisotopic (exact) mass is 334 g/mol. The molecule has 0 unspecified atom stereocenters. The zero-order valence-electron chi connectivity index (χ0n) is 14.6. The minimum atomic E-state index is 0.0158. The lowest BCUT2D eigenvalue weighted by Crippen LogP contribution is -2.40. The van der Waals surface area contributed by atoms with Gasteiger partial charge in [0.15, 0.2) is 0 Å². The second-order valence-electron chi connectivity index (χ2n) is 5.93. The fourth-order valence-electron chi connectivity index (χ4n) is 2.46. The van der Waals surface area contributed by atoms with Crippen LogP contribution in [0.1, 0.15) is 18.4 Å². The number of aromatic nitrogens is 2. The second kappa shape index (κ2) is 9.34. The van der Waals surface area contributed by atoms with Crippen molar-refractivity contribution in [1.82, 2.24) is 14.9 Å². The van der Waals surface area contributed by atoms with Gasteiger partial charge in [0, 0.05) is 58.3 Å². The zero-order valence-corrected chi connectivity index (χ0v) is 14.6. The SMILES string of the molecule is COCCOC1CCN(C(=O)/C=C/c2cnc(N(C)C)nc2)CC1. The molecule has 1 amide bonds. The lowest BCUT2D eigenvalue weighted by Gasteiger charge is -2.31.